The molecule has 0 atom stereocenters. The highest BCUT2D eigenvalue weighted by Crippen LogP contribution is 2.38. The number of anilines is 1. The number of nitrogens with zero attached hydrogens (tertiary/aromatic N) is 3. The average molecular weight is 316 g/mol. The molecule has 3 nitrogen and oxygen atoms in total. The minimum Gasteiger partial charge on any atom is -0.362 e. The molecule has 21 heavy (non-hydrogen) atoms. The van der Waals surface area contributed by atoms with Crippen LogP contribution < -0.4 is 4.90 Å². The summed E-state index contributed by atoms with van der Waals surface area (Å²) in [6, 6.07) is 4.27. The predicted molar refractivity (Wildman–Crippen MR) is 74.3 cm³/mol. The van der Waals surface area contributed by atoms with E-state index in [1.165, 1.54) is 6.07 Å². The Morgan fingerprint density at radius 3 is 2.76 bits per heavy atom. The fourth-order valence-corrected chi connectivity index (χ4v) is 2.71. The predicted octanol–water partition coefficient (Wildman–Crippen LogP) is 3.66. The summed E-state index contributed by atoms with van der Waals surface area (Å²) in [4.78, 5) is 5.89. The quantitative estimate of drug-likeness (QED) is 0.789. The number of rotatable bonds is 2. The summed E-state index contributed by atoms with van der Waals surface area (Å²) in [6.07, 6.45) is -0.891. The third-order valence-corrected chi connectivity index (χ3v) is 3.91. The maximum absolute atomic E-state index is 13.3. The molecule has 0 fully saturated rings. The summed E-state index contributed by atoms with van der Waals surface area (Å²) in [5.74, 6) is 0.837. The van der Waals surface area contributed by atoms with Crippen molar-refractivity contribution < 1.29 is 13.2 Å². The van der Waals surface area contributed by atoms with Crippen LogP contribution in [0.15, 0.2) is 30.6 Å². The van der Waals surface area contributed by atoms with Gasteiger partial charge in [0.15, 0.2) is 0 Å². The number of aromatic nitrogens is 2. The molecule has 112 valence electrons. The van der Waals surface area contributed by atoms with Gasteiger partial charge in [-0.05, 0) is 17.7 Å². The van der Waals surface area contributed by atoms with Crippen LogP contribution in [0.4, 0.5) is 18.9 Å². The van der Waals surface area contributed by atoms with E-state index in [9.17, 15) is 13.2 Å². The Morgan fingerprint density at radius 1 is 1.24 bits per heavy atom. The maximum Gasteiger partial charge on any atom is 0.418 e. The van der Waals surface area contributed by atoms with Crippen LogP contribution in [0.5, 0.6) is 0 Å². The molecule has 0 saturated carbocycles. The monoisotopic (exact) mass is 315 g/mol. The van der Waals surface area contributed by atoms with Gasteiger partial charge in [-0.3, -0.25) is 0 Å². The molecule has 0 aliphatic carbocycles. The lowest BCUT2D eigenvalue weighted by molar-refractivity contribution is -0.137. The lowest BCUT2D eigenvalue weighted by Gasteiger charge is -2.31. The smallest absolute Gasteiger partial charge is 0.362 e. The number of imidazole rings is 1. The normalized spacial score (nSPS) is 15.1. The van der Waals surface area contributed by atoms with Crippen molar-refractivity contribution in [3.63, 3.8) is 0 Å². The van der Waals surface area contributed by atoms with Crippen LogP contribution in [0, 0.1) is 0 Å². The molecular formula is C14H13ClF3N3. The Kier molecular flexibility index (Phi) is 3.57. The van der Waals surface area contributed by atoms with Gasteiger partial charge >= 0.3 is 6.18 Å². The third-order valence-electron chi connectivity index (χ3n) is 3.61. The van der Waals surface area contributed by atoms with E-state index in [0.29, 0.717) is 25.2 Å². The number of hydrogen-bond acceptors (Lipinski definition) is 2. The minimum atomic E-state index is -4.40. The molecule has 1 aliphatic heterocycles. The molecule has 0 radical (unpaired) electrons. The summed E-state index contributed by atoms with van der Waals surface area (Å²) in [6.45, 7) is 1.52. The van der Waals surface area contributed by atoms with Gasteiger partial charge in [-0.1, -0.05) is 6.07 Å². The van der Waals surface area contributed by atoms with Crippen LogP contribution >= 0.6 is 11.6 Å². The number of benzene rings is 1. The van der Waals surface area contributed by atoms with Crippen LogP contribution in [0.3, 0.4) is 0 Å². The molecular weight excluding hydrogens is 303 g/mol. The van der Waals surface area contributed by atoms with Gasteiger partial charge in [-0.2, -0.15) is 13.2 Å². The molecule has 2 heterocycles. The zero-order valence-corrected chi connectivity index (χ0v) is 11.8. The van der Waals surface area contributed by atoms with E-state index in [4.69, 9.17) is 11.6 Å². The summed E-state index contributed by atoms with van der Waals surface area (Å²) < 4.78 is 41.8. The molecule has 1 aromatic heterocycles. The van der Waals surface area contributed by atoms with Gasteiger partial charge in [0.2, 0.25) is 0 Å². The molecule has 0 N–H and O–H groups in total. The number of fused-ring (bicyclic) bond motifs is 1. The third kappa shape index (κ3) is 2.72. The van der Waals surface area contributed by atoms with Crippen molar-refractivity contribution in [2.24, 2.45) is 0 Å². The molecule has 0 amide bonds. The van der Waals surface area contributed by atoms with Gasteiger partial charge in [0.05, 0.1) is 12.1 Å². The van der Waals surface area contributed by atoms with Crippen LogP contribution in [-0.2, 0) is 25.1 Å². The van der Waals surface area contributed by atoms with E-state index in [1.807, 2.05) is 10.8 Å². The zero-order chi connectivity index (χ0) is 15.0. The fraction of sp³-hybridized carbons (Fsp3) is 0.357. The van der Waals surface area contributed by atoms with Crippen LogP contribution in [0.1, 0.15) is 17.0 Å². The molecule has 0 bridgehead atoms. The SMILES string of the molecule is FC(F)(F)c1cc(CCl)ccc1N1CCn2ccnc2C1. The van der Waals surface area contributed by atoms with E-state index >= 15 is 0 Å². The average Bonchev–Trinajstić information content (AvgIpc) is 2.93. The second-order valence-electron chi connectivity index (χ2n) is 4.94. The first-order chi connectivity index (χ1) is 9.99. The zero-order valence-electron chi connectivity index (χ0n) is 11.1. The number of hydrogen-bond donors (Lipinski definition) is 0. The second kappa shape index (κ2) is 5.26. The van der Waals surface area contributed by atoms with Gasteiger partial charge in [-0.15, -0.1) is 11.6 Å². The first-order valence-electron chi connectivity index (χ1n) is 6.50. The number of alkyl halides is 4. The minimum absolute atomic E-state index is 0.0633. The summed E-state index contributed by atoms with van der Waals surface area (Å²) >= 11 is 5.65. The maximum atomic E-state index is 13.3. The first kappa shape index (κ1) is 14.3. The Bertz CT molecular complexity index is 651. The molecule has 3 rings (SSSR count). The second-order valence-corrected chi connectivity index (χ2v) is 5.21. The molecule has 0 unspecified atom stereocenters. The van der Waals surface area contributed by atoms with Crippen LogP contribution in [0.2, 0.25) is 0 Å². The highest BCUT2D eigenvalue weighted by Gasteiger charge is 2.35. The molecule has 7 heteroatoms. The Morgan fingerprint density at radius 2 is 2.05 bits per heavy atom. The fourth-order valence-electron chi connectivity index (χ4n) is 2.55. The molecule has 1 aromatic carbocycles. The van der Waals surface area contributed by atoms with Gasteiger partial charge in [0.25, 0.3) is 0 Å². The van der Waals surface area contributed by atoms with E-state index in [2.05, 4.69) is 4.98 Å². The Hall–Kier alpha value is -1.69. The summed E-state index contributed by atoms with van der Waals surface area (Å²) in [5, 5.41) is 0. The van der Waals surface area contributed by atoms with Crippen molar-refractivity contribution in [3.05, 3.63) is 47.5 Å². The van der Waals surface area contributed by atoms with Gasteiger partial charge < -0.3 is 9.47 Å². The largest absolute Gasteiger partial charge is 0.418 e. The van der Waals surface area contributed by atoms with E-state index < -0.39 is 11.7 Å². The highest BCUT2D eigenvalue weighted by molar-refractivity contribution is 6.17. The van der Waals surface area contributed by atoms with Gasteiger partial charge in [0.1, 0.15) is 5.82 Å². The highest BCUT2D eigenvalue weighted by atomic mass is 35.5. The van der Waals surface area contributed by atoms with E-state index in [-0.39, 0.29) is 11.6 Å². The van der Waals surface area contributed by atoms with Gasteiger partial charge in [0, 0.05) is 37.1 Å². The van der Waals surface area contributed by atoms with Crippen molar-refractivity contribution in [1.29, 1.82) is 0 Å². The van der Waals surface area contributed by atoms with Crippen molar-refractivity contribution >= 4 is 17.3 Å². The van der Waals surface area contributed by atoms with Crippen LogP contribution in [-0.4, -0.2) is 16.1 Å². The molecule has 0 saturated heterocycles. The Labute approximate surface area is 125 Å². The summed E-state index contributed by atoms with van der Waals surface area (Å²) in [7, 11) is 0. The van der Waals surface area contributed by atoms with Crippen molar-refractivity contribution in [3.8, 4) is 0 Å². The van der Waals surface area contributed by atoms with Gasteiger partial charge in [-0.25, -0.2) is 4.98 Å². The number of halogens is 4. The van der Waals surface area contributed by atoms with E-state index in [1.54, 1.807) is 17.2 Å². The topological polar surface area (TPSA) is 21.1 Å². The molecule has 0 spiro atoms. The first-order valence-corrected chi connectivity index (χ1v) is 7.03. The Balaban J connectivity index is 1.99. The molecule has 2 aromatic rings. The van der Waals surface area contributed by atoms with E-state index in [0.717, 1.165) is 11.9 Å². The lowest BCUT2D eigenvalue weighted by atomic mass is 10.1. The van der Waals surface area contributed by atoms with Crippen molar-refractivity contribution in [1.82, 2.24) is 9.55 Å². The molecule has 1 aliphatic rings. The van der Waals surface area contributed by atoms with Crippen molar-refractivity contribution in [2.75, 3.05) is 11.4 Å². The lowest BCUT2D eigenvalue weighted by Crippen LogP contribution is -2.35. The summed E-state index contributed by atoms with van der Waals surface area (Å²) in [5.41, 5.74) is 0.0116. The standard InChI is InChI=1S/C14H13ClF3N3/c15-8-10-1-2-12(11(7-10)14(16,17)18)21-6-5-20-4-3-19-13(20)9-21/h1-4,7H,5-6,8-9H2. The van der Waals surface area contributed by atoms with Crippen LogP contribution in [0.25, 0.3) is 0 Å². The van der Waals surface area contributed by atoms with Crippen molar-refractivity contribution in [2.45, 2.75) is 25.1 Å².